The predicted octanol–water partition coefficient (Wildman–Crippen LogP) is 3.51. The van der Waals surface area contributed by atoms with Crippen molar-refractivity contribution in [3.05, 3.63) is 67.8 Å². The van der Waals surface area contributed by atoms with Crippen molar-refractivity contribution in [3.8, 4) is 5.75 Å². The maximum Gasteiger partial charge on any atom is 0.341 e. The summed E-state index contributed by atoms with van der Waals surface area (Å²) in [4.78, 5) is 46.6. The Hall–Kier alpha value is -4.05. The van der Waals surface area contributed by atoms with Crippen LogP contribution in [-0.4, -0.2) is 106 Å². The van der Waals surface area contributed by atoms with E-state index in [1.165, 1.54) is 15.3 Å². The van der Waals surface area contributed by atoms with Crippen molar-refractivity contribution in [2.75, 3.05) is 58.5 Å². The molecule has 0 aliphatic carbocycles. The second-order valence-corrected chi connectivity index (χ2v) is 15.9. The predicted molar refractivity (Wildman–Crippen MR) is 193 cm³/mol. The number of anilines is 1. The van der Waals surface area contributed by atoms with E-state index in [-0.39, 0.29) is 48.9 Å². The standard InChI is InChI=1S/C37H46FN5O8S/c1-6-50-34-28(35(44)39-52(47,48)43-23-7-8-24(43)10-9-23)12-11-27(32(34)38)36(45)42-14-13-26-29(19-42)37(46)51-33-22(3)30(17-21(2)31(26)33)41-16-15-40(4)25(18-41)20-49-5/h11-12,17,23-25H,6-10,13-16,18-20H2,1-5H3,(H,39,44). The van der Waals surface area contributed by atoms with Gasteiger partial charge in [0.15, 0.2) is 11.6 Å². The number of halogens is 1. The number of likely N-dealkylation sites (N-methyl/N-ethyl adjacent to an activating group) is 1. The number of carbonyl (C=O) groups is 2. The van der Waals surface area contributed by atoms with Gasteiger partial charge in [0.2, 0.25) is 0 Å². The van der Waals surface area contributed by atoms with Crippen LogP contribution in [0.3, 0.4) is 0 Å². The Bertz CT molecular complexity index is 2090. The van der Waals surface area contributed by atoms with Gasteiger partial charge >= 0.3 is 15.8 Å². The number of rotatable bonds is 9. The minimum absolute atomic E-state index is 0.0356. The molecule has 4 aliphatic rings. The summed E-state index contributed by atoms with van der Waals surface area (Å²) in [6.07, 6.45) is 3.30. The molecule has 15 heteroatoms. The van der Waals surface area contributed by atoms with Crippen molar-refractivity contribution in [2.45, 2.75) is 77.5 Å². The first-order chi connectivity index (χ1) is 24.8. The van der Waals surface area contributed by atoms with Crippen molar-refractivity contribution >= 4 is 38.7 Å². The van der Waals surface area contributed by atoms with E-state index in [0.717, 1.165) is 79.1 Å². The molecule has 1 N–H and O–H groups in total. The number of hydrogen-bond acceptors (Lipinski definition) is 10. The van der Waals surface area contributed by atoms with E-state index in [1.54, 1.807) is 14.0 Å². The van der Waals surface area contributed by atoms with E-state index in [4.69, 9.17) is 13.9 Å². The van der Waals surface area contributed by atoms with Crippen LogP contribution < -0.4 is 20.0 Å². The van der Waals surface area contributed by atoms with Crippen LogP contribution in [-0.2, 0) is 27.9 Å². The number of carbonyl (C=O) groups excluding carboxylic acids is 2. The van der Waals surface area contributed by atoms with Gasteiger partial charge < -0.3 is 23.7 Å². The summed E-state index contributed by atoms with van der Waals surface area (Å²) in [5, 5.41) is 0.850. The average Bonchev–Trinajstić information content (AvgIpc) is 3.74. The van der Waals surface area contributed by atoms with E-state index < -0.39 is 39.2 Å². The van der Waals surface area contributed by atoms with Gasteiger partial charge in [-0.2, -0.15) is 12.7 Å². The fraction of sp³-hybridized carbons (Fsp3) is 0.541. The Labute approximate surface area is 302 Å². The number of fused-ring (bicyclic) bond motifs is 5. The molecule has 52 heavy (non-hydrogen) atoms. The Kier molecular flexibility index (Phi) is 9.82. The summed E-state index contributed by atoms with van der Waals surface area (Å²) >= 11 is 0. The van der Waals surface area contributed by atoms with Gasteiger partial charge in [0, 0.05) is 62.0 Å². The maximum atomic E-state index is 16.1. The smallest absolute Gasteiger partial charge is 0.341 e. The number of amides is 2. The van der Waals surface area contributed by atoms with Gasteiger partial charge in [0.05, 0.1) is 42.5 Å². The van der Waals surface area contributed by atoms with Gasteiger partial charge in [-0.05, 0) is 89.2 Å². The Morgan fingerprint density at radius 1 is 1.04 bits per heavy atom. The van der Waals surface area contributed by atoms with Crippen molar-refractivity contribution < 1.29 is 36.3 Å². The van der Waals surface area contributed by atoms with Crippen molar-refractivity contribution in [1.82, 2.24) is 18.8 Å². The number of hydrogen-bond donors (Lipinski definition) is 1. The summed E-state index contributed by atoms with van der Waals surface area (Å²) in [7, 11) is -0.377. The molecular weight excluding hydrogens is 693 g/mol. The monoisotopic (exact) mass is 739 g/mol. The summed E-state index contributed by atoms with van der Waals surface area (Å²) < 4.78 is 62.8. The van der Waals surface area contributed by atoms with Gasteiger partial charge in [0.1, 0.15) is 5.58 Å². The van der Waals surface area contributed by atoms with Crippen LogP contribution in [0.1, 0.15) is 75.6 Å². The normalized spacial score (nSPS) is 22.2. The topological polar surface area (TPSA) is 142 Å². The van der Waals surface area contributed by atoms with E-state index in [1.807, 2.05) is 13.8 Å². The lowest BCUT2D eigenvalue weighted by atomic mass is 9.92. The molecule has 0 saturated carbocycles. The Morgan fingerprint density at radius 3 is 2.40 bits per heavy atom. The largest absolute Gasteiger partial charge is 0.490 e. The maximum absolute atomic E-state index is 16.1. The fourth-order valence-electron chi connectivity index (χ4n) is 8.63. The molecule has 1 unspecified atom stereocenters. The van der Waals surface area contributed by atoms with Crippen molar-refractivity contribution in [1.29, 1.82) is 0 Å². The van der Waals surface area contributed by atoms with E-state index >= 15 is 4.39 Å². The third-order valence-electron chi connectivity index (χ3n) is 11.3. The molecule has 0 spiro atoms. The highest BCUT2D eigenvalue weighted by Crippen LogP contribution is 2.40. The number of benzene rings is 2. The molecule has 13 nitrogen and oxygen atoms in total. The van der Waals surface area contributed by atoms with Gasteiger partial charge in [-0.1, -0.05) is 0 Å². The molecular formula is C37H46FN5O8S. The zero-order valence-electron chi connectivity index (χ0n) is 30.3. The van der Waals surface area contributed by atoms with Crippen molar-refractivity contribution in [2.24, 2.45) is 0 Å². The van der Waals surface area contributed by atoms with Crippen LogP contribution in [0.5, 0.6) is 5.75 Å². The summed E-state index contributed by atoms with van der Waals surface area (Å²) in [6.45, 7) is 8.70. The van der Waals surface area contributed by atoms with Crippen LogP contribution >= 0.6 is 0 Å². The van der Waals surface area contributed by atoms with Gasteiger partial charge in [0.25, 0.3) is 11.8 Å². The molecule has 3 saturated heterocycles. The molecule has 3 aromatic rings. The lowest BCUT2D eigenvalue weighted by molar-refractivity contribution is 0.0726. The molecule has 5 heterocycles. The number of aryl methyl sites for hydroxylation is 2. The second-order valence-electron chi connectivity index (χ2n) is 14.4. The first-order valence-electron chi connectivity index (χ1n) is 18.0. The zero-order chi connectivity index (χ0) is 37.1. The Balaban J connectivity index is 1.14. The first-order valence-corrected chi connectivity index (χ1v) is 19.4. The third-order valence-corrected chi connectivity index (χ3v) is 12.9. The average molecular weight is 740 g/mol. The number of methoxy groups -OCH3 is 1. The fourth-order valence-corrected chi connectivity index (χ4v) is 10.3. The molecule has 2 bridgehead atoms. The lowest BCUT2D eigenvalue weighted by Crippen LogP contribution is -2.53. The van der Waals surface area contributed by atoms with E-state index in [9.17, 15) is 22.8 Å². The lowest BCUT2D eigenvalue weighted by Gasteiger charge is -2.41. The summed E-state index contributed by atoms with van der Waals surface area (Å²) in [6, 6.07) is 4.40. The van der Waals surface area contributed by atoms with E-state index in [0.29, 0.717) is 24.2 Å². The SMILES string of the molecule is CCOc1c(C(=O)NS(=O)(=O)N2C3CCC2CC3)ccc(C(=O)N2CCc3c(c(=O)oc4c(C)c(N5CCN(C)C(COC)C5)cc(C)c34)C2)c1F. The van der Waals surface area contributed by atoms with Gasteiger partial charge in [-0.3, -0.25) is 14.5 Å². The van der Waals surface area contributed by atoms with Crippen LogP contribution in [0.25, 0.3) is 11.0 Å². The molecule has 3 fully saturated rings. The van der Waals surface area contributed by atoms with Crippen LogP contribution in [0.2, 0.25) is 0 Å². The Morgan fingerprint density at radius 2 is 1.73 bits per heavy atom. The second kappa shape index (κ2) is 14.1. The molecule has 1 atom stereocenters. The highest BCUT2D eigenvalue weighted by Gasteiger charge is 2.47. The third kappa shape index (κ3) is 6.24. The molecule has 7 rings (SSSR count). The first kappa shape index (κ1) is 36.3. The number of ether oxygens (including phenoxy) is 2. The highest BCUT2D eigenvalue weighted by molar-refractivity contribution is 7.87. The minimum atomic E-state index is -4.17. The molecule has 0 radical (unpaired) electrons. The summed E-state index contributed by atoms with van der Waals surface area (Å²) in [5.41, 5.74) is 3.27. The highest BCUT2D eigenvalue weighted by atomic mass is 32.2. The van der Waals surface area contributed by atoms with Crippen LogP contribution in [0, 0.1) is 19.7 Å². The summed E-state index contributed by atoms with van der Waals surface area (Å²) in [5.74, 6) is -3.32. The number of nitrogens with one attached hydrogen (secondary N) is 1. The van der Waals surface area contributed by atoms with E-state index in [2.05, 4.69) is 27.6 Å². The zero-order valence-corrected chi connectivity index (χ0v) is 31.1. The van der Waals surface area contributed by atoms with Crippen molar-refractivity contribution in [3.63, 3.8) is 0 Å². The quantitative estimate of drug-likeness (QED) is 0.324. The minimum Gasteiger partial charge on any atom is -0.490 e. The molecule has 4 aliphatic heterocycles. The molecule has 1 aromatic heterocycles. The molecule has 2 aromatic carbocycles. The number of nitrogens with zero attached hydrogens (tertiary/aromatic N) is 4. The molecule has 2 amide bonds. The number of piperazine rings is 1. The van der Waals surface area contributed by atoms with Gasteiger partial charge in [-0.15, -0.1) is 0 Å². The van der Waals surface area contributed by atoms with Gasteiger partial charge in [-0.25, -0.2) is 13.9 Å². The van der Waals surface area contributed by atoms with Crippen LogP contribution in [0.4, 0.5) is 10.1 Å². The molecule has 280 valence electrons. The van der Waals surface area contributed by atoms with Crippen LogP contribution in [0.15, 0.2) is 27.4 Å².